The van der Waals surface area contributed by atoms with Gasteiger partial charge in [0.2, 0.25) is 0 Å². The maximum atomic E-state index is 11.1. The minimum Gasteiger partial charge on any atom is -0.447 e. The van der Waals surface area contributed by atoms with E-state index in [1.54, 1.807) is 11.3 Å². The third-order valence-electron chi connectivity index (χ3n) is 3.51. The van der Waals surface area contributed by atoms with E-state index in [1.165, 1.54) is 0 Å². The number of carbonyl (C=O) groups excluding carboxylic acids is 1. The Bertz CT molecular complexity index is 846. The van der Waals surface area contributed by atoms with E-state index >= 15 is 0 Å². The van der Waals surface area contributed by atoms with Crippen molar-refractivity contribution in [1.82, 2.24) is 5.32 Å². The van der Waals surface area contributed by atoms with Gasteiger partial charge in [-0.05, 0) is 40.6 Å². The van der Waals surface area contributed by atoms with Gasteiger partial charge in [0.25, 0.3) is 0 Å². The molecule has 1 atom stereocenters. The maximum Gasteiger partial charge on any atom is 0.407 e. The van der Waals surface area contributed by atoms with Crippen LogP contribution in [0.2, 0.25) is 0 Å². The van der Waals surface area contributed by atoms with Crippen LogP contribution in [0.4, 0.5) is 4.79 Å². The van der Waals surface area contributed by atoms with Crippen molar-refractivity contribution in [2.75, 3.05) is 6.61 Å². The number of hydrogen-bond donors (Lipinski definition) is 1. The van der Waals surface area contributed by atoms with Crippen LogP contribution in [0.5, 0.6) is 0 Å². The summed E-state index contributed by atoms with van der Waals surface area (Å²) in [5.74, 6) is 6.25. The Balaban J connectivity index is 0.000000314. The first-order chi connectivity index (χ1) is 12.3. The van der Waals surface area contributed by atoms with Crippen molar-refractivity contribution in [3.8, 4) is 11.8 Å². The van der Waals surface area contributed by atoms with Crippen LogP contribution in [-0.2, 0) is 4.74 Å². The van der Waals surface area contributed by atoms with Gasteiger partial charge in [0.1, 0.15) is 6.61 Å². The van der Waals surface area contributed by atoms with E-state index in [4.69, 9.17) is 4.74 Å². The summed E-state index contributed by atoms with van der Waals surface area (Å²) < 4.78 is 4.90. The molecule has 0 spiro atoms. The lowest BCUT2D eigenvalue weighted by molar-refractivity contribution is 0.177. The molecule has 1 fully saturated rings. The Hall–Kier alpha value is -3.03. The number of rotatable bonds is 1. The molecular weight excluding hydrogens is 330 g/mol. The van der Waals surface area contributed by atoms with Gasteiger partial charge >= 0.3 is 6.09 Å². The first kappa shape index (κ1) is 16.8. The fourth-order valence-corrected chi connectivity index (χ4v) is 2.74. The Kier molecular flexibility index (Phi) is 5.86. The second kappa shape index (κ2) is 8.72. The molecule has 1 N–H and O–H groups in total. The third kappa shape index (κ3) is 5.23. The zero-order valence-corrected chi connectivity index (χ0v) is 14.3. The summed E-state index contributed by atoms with van der Waals surface area (Å²) >= 11 is 1.71. The molecule has 4 heteroatoms. The molecule has 3 nitrogen and oxygen atoms in total. The molecule has 124 valence electrons. The molecule has 2 heterocycles. The Morgan fingerprint density at radius 1 is 0.920 bits per heavy atom. The molecule has 0 saturated carbocycles. The lowest BCUT2D eigenvalue weighted by Gasteiger charge is -2.07. The van der Waals surface area contributed by atoms with Gasteiger partial charge in [0.05, 0.1) is 6.04 Å². The molecule has 1 aliphatic heterocycles. The van der Waals surface area contributed by atoms with Gasteiger partial charge in [-0.2, -0.15) is 11.3 Å². The highest BCUT2D eigenvalue weighted by molar-refractivity contribution is 7.07. The molecule has 2 aromatic carbocycles. The minimum absolute atomic E-state index is 0.0824. The zero-order chi connectivity index (χ0) is 17.3. The van der Waals surface area contributed by atoms with Crippen LogP contribution in [0.1, 0.15) is 22.7 Å². The Labute approximate surface area is 151 Å². The number of carbonyl (C=O) groups is 1. The summed E-state index contributed by atoms with van der Waals surface area (Å²) in [7, 11) is 0. The molecule has 0 unspecified atom stereocenters. The first-order valence-corrected chi connectivity index (χ1v) is 8.83. The summed E-state index contributed by atoms with van der Waals surface area (Å²) in [5.41, 5.74) is 2.92. The fraction of sp³-hybridized carbons (Fsp3) is 0.0952. The van der Waals surface area contributed by atoms with E-state index in [2.05, 4.69) is 17.2 Å². The highest BCUT2D eigenvalue weighted by atomic mass is 32.1. The molecule has 0 aliphatic carbocycles. The molecule has 3 aromatic rings. The van der Waals surface area contributed by atoms with Crippen LogP contribution in [0.15, 0.2) is 77.5 Å². The third-order valence-corrected chi connectivity index (χ3v) is 4.14. The summed E-state index contributed by atoms with van der Waals surface area (Å²) in [4.78, 5) is 11.1. The van der Waals surface area contributed by atoms with E-state index in [9.17, 15) is 4.79 Å². The van der Waals surface area contributed by atoms with Crippen molar-refractivity contribution in [2.24, 2.45) is 0 Å². The largest absolute Gasteiger partial charge is 0.447 e. The van der Waals surface area contributed by atoms with Crippen LogP contribution in [-0.4, -0.2) is 12.7 Å². The number of hydrogen-bond acceptors (Lipinski definition) is 3. The fourth-order valence-electron chi connectivity index (χ4n) is 2.29. The summed E-state index contributed by atoms with van der Waals surface area (Å²) in [6, 6.07) is 21.6. The summed E-state index contributed by atoms with van der Waals surface area (Å²) in [6.07, 6.45) is -0.365. The highest BCUT2D eigenvalue weighted by Gasteiger charge is 2.23. The Morgan fingerprint density at radius 2 is 1.64 bits per heavy atom. The van der Waals surface area contributed by atoms with Crippen molar-refractivity contribution in [3.63, 3.8) is 0 Å². The SMILES string of the molecule is O=C1N[C@H](c2cccc(C#Cc3ccccc3)c2)CO1.c1ccsc1. The van der Waals surface area contributed by atoms with E-state index < -0.39 is 0 Å². The smallest absolute Gasteiger partial charge is 0.407 e. The van der Waals surface area contributed by atoms with Crippen molar-refractivity contribution < 1.29 is 9.53 Å². The van der Waals surface area contributed by atoms with Crippen LogP contribution >= 0.6 is 11.3 Å². The molecule has 1 saturated heterocycles. The standard InChI is InChI=1S/C17H13NO2.C4H4S/c19-17-18-16(12-20-17)15-8-4-7-14(11-15)10-9-13-5-2-1-3-6-13;1-2-4-5-3-1/h1-8,11,16H,12H2,(H,18,19);1-4H/t16-;/m0./s1. The number of thiophene rings is 1. The average molecular weight is 347 g/mol. The lowest BCUT2D eigenvalue weighted by atomic mass is 10.0. The number of cyclic esters (lactones) is 1. The summed E-state index contributed by atoms with van der Waals surface area (Å²) in [6.45, 7) is 0.369. The molecule has 1 aliphatic rings. The quantitative estimate of drug-likeness (QED) is 0.653. The van der Waals surface area contributed by atoms with E-state index in [-0.39, 0.29) is 12.1 Å². The predicted octanol–water partition coefficient (Wildman–Crippen LogP) is 4.62. The predicted molar refractivity (Wildman–Crippen MR) is 100 cm³/mol. The lowest BCUT2D eigenvalue weighted by Crippen LogP contribution is -2.18. The molecule has 0 radical (unpaired) electrons. The normalized spacial score (nSPS) is 15.0. The second-order valence-electron chi connectivity index (χ2n) is 5.33. The monoisotopic (exact) mass is 347 g/mol. The number of alkyl carbamates (subject to hydrolysis) is 1. The van der Waals surface area contributed by atoms with E-state index in [1.807, 2.05) is 77.5 Å². The van der Waals surface area contributed by atoms with Crippen LogP contribution in [0.3, 0.4) is 0 Å². The highest BCUT2D eigenvalue weighted by Crippen LogP contribution is 2.18. The van der Waals surface area contributed by atoms with E-state index in [0.717, 1.165) is 16.7 Å². The molecule has 1 aromatic heterocycles. The van der Waals surface area contributed by atoms with Gasteiger partial charge in [0.15, 0.2) is 0 Å². The number of ether oxygens (including phenoxy) is 1. The van der Waals surface area contributed by atoms with Crippen LogP contribution in [0, 0.1) is 11.8 Å². The van der Waals surface area contributed by atoms with E-state index in [0.29, 0.717) is 6.61 Å². The summed E-state index contributed by atoms with van der Waals surface area (Å²) in [5, 5.41) is 6.85. The zero-order valence-electron chi connectivity index (χ0n) is 13.5. The van der Waals surface area contributed by atoms with Crippen molar-refractivity contribution >= 4 is 17.4 Å². The van der Waals surface area contributed by atoms with Gasteiger partial charge in [-0.15, -0.1) is 0 Å². The minimum atomic E-state index is -0.365. The van der Waals surface area contributed by atoms with Crippen LogP contribution in [0.25, 0.3) is 0 Å². The molecule has 4 rings (SSSR count). The molecule has 1 amide bonds. The Morgan fingerprint density at radius 3 is 2.28 bits per heavy atom. The van der Waals surface area contributed by atoms with Gasteiger partial charge in [-0.1, -0.05) is 54.3 Å². The van der Waals surface area contributed by atoms with Crippen molar-refractivity contribution in [1.29, 1.82) is 0 Å². The van der Waals surface area contributed by atoms with Gasteiger partial charge in [0, 0.05) is 11.1 Å². The van der Waals surface area contributed by atoms with Crippen molar-refractivity contribution in [2.45, 2.75) is 6.04 Å². The second-order valence-corrected chi connectivity index (χ2v) is 6.15. The van der Waals surface area contributed by atoms with Gasteiger partial charge in [-0.25, -0.2) is 4.79 Å². The molecule has 0 bridgehead atoms. The van der Waals surface area contributed by atoms with Crippen LogP contribution < -0.4 is 5.32 Å². The molecular formula is C21H17NO2S. The molecule has 25 heavy (non-hydrogen) atoms. The van der Waals surface area contributed by atoms with Gasteiger partial charge in [-0.3, -0.25) is 0 Å². The topological polar surface area (TPSA) is 38.3 Å². The number of nitrogens with one attached hydrogen (secondary N) is 1. The number of amides is 1. The maximum absolute atomic E-state index is 11.1. The van der Waals surface area contributed by atoms with Gasteiger partial charge < -0.3 is 10.1 Å². The van der Waals surface area contributed by atoms with Crippen molar-refractivity contribution in [3.05, 3.63) is 94.2 Å². The average Bonchev–Trinajstić information content (AvgIpc) is 3.36. The first-order valence-electron chi connectivity index (χ1n) is 7.89. The number of benzene rings is 2.